The van der Waals surface area contributed by atoms with E-state index in [1.54, 1.807) is 24.3 Å². The summed E-state index contributed by atoms with van der Waals surface area (Å²) in [5.74, 6) is -0.492. The Labute approximate surface area is 118 Å². The summed E-state index contributed by atoms with van der Waals surface area (Å²) in [6, 6.07) is 9.54. The molecule has 0 saturated heterocycles. The topological polar surface area (TPSA) is 56.5 Å². The summed E-state index contributed by atoms with van der Waals surface area (Å²) in [7, 11) is 1.29. The van der Waals surface area contributed by atoms with Gasteiger partial charge in [0.15, 0.2) is 5.58 Å². The number of carbonyl (C=O) groups is 1. The van der Waals surface area contributed by atoms with Crippen molar-refractivity contribution in [3.8, 4) is 0 Å². The smallest absolute Gasteiger partial charge is 0.337 e. The van der Waals surface area contributed by atoms with E-state index in [2.05, 4.69) is 4.74 Å². The van der Waals surface area contributed by atoms with E-state index in [0.29, 0.717) is 32.5 Å². The van der Waals surface area contributed by atoms with Gasteiger partial charge in [0.25, 0.3) is 0 Å². The summed E-state index contributed by atoms with van der Waals surface area (Å²) >= 11 is 6.03. The van der Waals surface area contributed by atoms with E-state index < -0.39 is 5.97 Å². The van der Waals surface area contributed by atoms with Gasteiger partial charge in [-0.15, -0.1) is 0 Å². The zero-order valence-corrected chi connectivity index (χ0v) is 11.2. The van der Waals surface area contributed by atoms with Gasteiger partial charge >= 0.3 is 5.97 Å². The van der Waals surface area contributed by atoms with Crippen LogP contribution in [0.25, 0.3) is 21.9 Å². The molecule has 0 aliphatic rings. The molecule has 0 spiro atoms. The van der Waals surface area contributed by atoms with Crippen LogP contribution in [0.2, 0.25) is 5.02 Å². The molecule has 0 aliphatic heterocycles. The Bertz CT molecular complexity index is 895. The van der Waals surface area contributed by atoms with Crippen molar-refractivity contribution in [1.82, 2.24) is 0 Å². The number of rotatable bonds is 1. The number of hydrogen-bond donors (Lipinski definition) is 0. The monoisotopic (exact) mass is 288 g/mol. The molecule has 0 atom stereocenters. The Balaban J connectivity index is 2.42. The highest BCUT2D eigenvalue weighted by Gasteiger charge is 2.12. The third-order valence-corrected chi connectivity index (χ3v) is 3.37. The number of carbonyl (C=O) groups excluding carboxylic acids is 1. The number of benzene rings is 2. The van der Waals surface area contributed by atoms with Gasteiger partial charge in [0.1, 0.15) is 5.58 Å². The van der Waals surface area contributed by atoms with E-state index in [0.717, 1.165) is 0 Å². The highest BCUT2D eigenvalue weighted by Crippen LogP contribution is 2.25. The number of esters is 1. The summed E-state index contributed by atoms with van der Waals surface area (Å²) in [6.45, 7) is 0. The van der Waals surface area contributed by atoms with Crippen LogP contribution in [0.15, 0.2) is 45.6 Å². The van der Waals surface area contributed by atoms with Gasteiger partial charge in [-0.3, -0.25) is 4.79 Å². The zero-order valence-electron chi connectivity index (χ0n) is 10.5. The van der Waals surface area contributed by atoms with Crippen LogP contribution in [0.4, 0.5) is 0 Å². The molecule has 1 aromatic heterocycles. The number of hydrogen-bond acceptors (Lipinski definition) is 4. The minimum absolute atomic E-state index is 0.180. The van der Waals surface area contributed by atoms with Crippen molar-refractivity contribution in [2.24, 2.45) is 0 Å². The molecule has 0 saturated carbocycles. The van der Waals surface area contributed by atoms with Gasteiger partial charge in [-0.25, -0.2) is 4.79 Å². The first-order chi connectivity index (χ1) is 9.61. The molecule has 0 bridgehead atoms. The molecule has 0 unspecified atom stereocenters. The van der Waals surface area contributed by atoms with E-state index in [1.807, 2.05) is 0 Å². The molecule has 2 aromatic carbocycles. The van der Waals surface area contributed by atoms with Crippen LogP contribution in [0.3, 0.4) is 0 Å². The third kappa shape index (κ3) is 1.85. The van der Waals surface area contributed by atoms with Crippen LogP contribution >= 0.6 is 11.6 Å². The molecular formula is C15H9ClO4. The fourth-order valence-electron chi connectivity index (χ4n) is 2.09. The molecule has 4 nitrogen and oxygen atoms in total. The standard InChI is InChI=1S/C15H9ClO4/c1-19-15(18)8-5-6-9-12(7-8)20-14-10(13(9)17)3-2-4-11(14)16/h2-7H,1H3. The SMILES string of the molecule is COC(=O)c1ccc2c(=O)c3cccc(Cl)c3oc2c1. The molecular weight excluding hydrogens is 280 g/mol. The highest BCUT2D eigenvalue weighted by molar-refractivity contribution is 6.34. The van der Waals surface area contributed by atoms with Crippen molar-refractivity contribution in [3.05, 3.63) is 57.2 Å². The van der Waals surface area contributed by atoms with Gasteiger partial charge in [0.2, 0.25) is 5.43 Å². The van der Waals surface area contributed by atoms with Crippen molar-refractivity contribution in [2.45, 2.75) is 0 Å². The average molecular weight is 289 g/mol. The second kappa shape index (κ2) is 4.65. The van der Waals surface area contributed by atoms with Gasteiger partial charge in [-0.05, 0) is 30.3 Å². The maximum Gasteiger partial charge on any atom is 0.337 e. The maximum atomic E-state index is 12.4. The van der Waals surface area contributed by atoms with Crippen LogP contribution in [0.5, 0.6) is 0 Å². The van der Waals surface area contributed by atoms with Crippen LogP contribution in [-0.2, 0) is 4.74 Å². The highest BCUT2D eigenvalue weighted by atomic mass is 35.5. The molecule has 0 amide bonds. The molecule has 0 N–H and O–H groups in total. The van der Waals surface area contributed by atoms with Crippen molar-refractivity contribution in [1.29, 1.82) is 0 Å². The molecule has 100 valence electrons. The minimum Gasteiger partial charge on any atom is -0.465 e. The summed E-state index contributed by atoms with van der Waals surface area (Å²) < 4.78 is 10.3. The molecule has 0 fully saturated rings. The van der Waals surface area contributed by atoms with E-state index in [4.69, 9.17) is 16.0 Å². The normalized spacial score (nSPS) is 10.9. The van der Waals surface area contributed by atoms with Gasteiger partial charge in [0.05, 0.1) is 28.5 Å². The zero-order chi connectivity index (χ0) is 14.3. The van der Waals surface area contributed by atoms with E-state index in [1.165, 1.54) is 19.2 Å². The molecule has 3 aromatic rings. The van der Waals surface area contributed by atoms with Crippen LogP contribution in [0, 0.1) is 0 Å². The molecule has 5 heteroatoms. The van der Waals surface area contributed by atoms with Crippen molar-refractivity contribution < 1.29 is 13.9 Å². The van der Waals surface area contributed by atoms with Crippen LogP contribution in [-0.4, -0.2) is 13.1 Å². The van der Waals surface area contributed by atoms with Crippen molar-refractivity contribution in [3.63, 3.8) is 0 Å². The van der Waals surface area contributed by atoms with Crippen LogP contribution in [0.1, 0.15) is 10.4 Å². The van der Waals surface area contributed by atoms with Crippen LogP contribution < -0.4 is 5.43 Å². The first-order valence-corrected chi connectivity index (χ1v) is 6.23. The Morgan fingerprint density at radius 1 is 1.20 bits per heavy atom. The maximum absolute atomic E-state index is 12.4. The third-order valence-electron chi connectivity index (χ3n) is 3.07. The first-order valence-electron chi connectivity index (χ1n) is 5.85. The number of methoxy groups -OCH3 is 1. The van der Waals surface area contributed by atoms with E-state index in [-0.39, 0.29) is 5.43 Å². The van der Waals surface area contributed by atoms with Crippen molar-refractivity contribution >= 4 is 39.5 Å². The summed E-state index contributed by atoms with van der Waals surface area (Å²) in [4.78, 5) is 23.9. The van der Waals surface area contributed by atoms with Gasteiger partial charge in [0, 0.05) is 0 Å². The lowest BCUT2D eigenvalue weighted by atomic mass is 10.1. The first kappa shape index (κ1) is 12.7. The predicted molar refractivity (Wildman–Crippen MR) is 76.3 cm³/mol. The Morgan fingerprint density at radius 2 is 2.00 bits per heavy atom. The lowest BCUT2D eigenvalue weighted by molar-refractivity contribution is 0.0601. The number of halogens is 1. The second-order valence-electron chi connectivity index (χ2n) is 4.25. The Morgan fingerprint density at radius 3 is 2.75 bits per heavy atom. The van der Waals surface area contributed by atoms with E-state index >= 15 is 0 Å². The fraction of sp³-hybridized carbons (Fsp3) is 0.0667. The largest absolute Gasteiger partial charge is 0.465 e. The summed E-state index contributed by atoms with van der Waals surface area (Å²) in [5, 5.41) is 1.16. The minimum atomic E-state index is -0.492. The van der Waals surface area contributed by atoms with Gasteiger partial charge in [-0.2, -0.15) is 0 Å². The average Bonchev–Trinajstić information content (AvgIpc) is 2.47. The number of ether oxygens (including phenoxy) is 1. The Hall–Kier alpha value is -2.33. The fourth-order valence-corrected chi connectivity index (χ4v) is 2.30. The molecule has 1 heterocycles. The van der Waals surface area contributed by atoms with Gasteiger partial charge in [-0.1, -0.05) is 17.7 Å². The number of para-hydroxylation sites is 1. The quantitative estimate of drug-likeness (QED) is 0.509. The van der Waals surface area contributed by atoms with Gasteiger partial charge < -0.3 is 9.15 Å². The number of fused-ring (bicyclic) bond motifs is 2. The molecule has 0 radical (unpaired) electrons. The second-order valence-corrected chi connectivity index (χ2v) is 4.66. The Kier molecular flexibility index (Phi) is 2.95. The summed E-state index contributed by atoms with van der Waals surface area (Å²) in [5.41, 5.74) is 0.752. The molecule has 20 heavy (non-hydrogen) atoms. The van der Waals surface area contributed by atoms with Crippen molar-refractivity contribution in [2.75, 3.05) is 7.11 Å². The van der Waals surface area contributed by atoms with E-state index in [9.17, 15) is 9.59 Å². The molecule has 3 rings (SSSR count). The lowest BCUT2D eigenvalue weighted by Gasteiger charge is -2.04. The molecule has 0 aliphatic carbocycles. The predicted octanol–water partition coefficient (Wildman–Crippen LogP) is 3.39. The lowest BCUT2D eigenvalue weighted by Crippen LogP contribution is -2.05. The summed E-state index contributed by atoms with van der Waals surface area (Å²) in [6.07, 6.45) is 0.